The summed E-state index contributed by atoms with van der Waals surface area (Å²) in [5, 5.41) is 1.40. The number of halogens is 3. The third kappa shape index (κ3) is 4.05. The molecule has 0 N–H and O–H groups in total. The van der Waals surface area contributed by atoms with E-state index in [0.29, 0.717) is 5.03 Å². The van der Waals surface area contributed by atoms with Crippen molar-refractivity contribution in [2.45, 2.75) is 0 Å². The first-order valence-corrected chi connectivity index (χ1v) is 9.85. The Labute approximate surface area is 179 Å². The molecule has 0 saturated heterocycles. The molecule has 2 nitrogen and oxygen atoms in total. The number of rotatable bonds is 3. The highest BCUT2D eigenvalue weighted by Gasteiger charge is 2.13. The number of aryl methyl sites for hydroxylation is 1. The molecule has 0 atom stereocenters. The molecule has 0 bridgehead atoms. The van der Waals surface area contributed by atoms with Gasteiger partial charge in [-0.1, -0.05) is 17.7 Å². The van der Waals surface area contributed by atoms with Crippen LogP contribution in [0.3, 0.4) is 0 Å². The smallest absolute Gasteiger partial charge is 0.212 e. The van der Waals surface area contributed by atoms with Crippen molar-refractivity contribution in [3.8, 4) is 0 Å². The van der Waals surface area contributed by atoms with Gasteiger partial charge < -0.3 is 4.90 Å². The molecule has 30 heavy (non-hydrogen) atoms. The van der Waals surface area contributed by atoms with Gasteiger partial charge in [-0.3, -0.25) is 0 Å². The quantitative estimate of drug-likeness (QED) is 0.364. The molecule has 1 aliphatic rings. The van der Waals surface area contributed by atoms with Gasteiger partial charge in [0.15, 0.2) is 0 Å². The second kappa shape index (κ2) is 8.25. The van der Waals surface area contributed by atoms with Crippen molar-refractivity contribution in [2.75, 3.05) is 11.9 Å². The summed E-state index contributed by atoms with van der Waals surface area (Å²) in [6.45, 7) is 0. The molecule has 0 aliphatic carbocycles. The van der Waals surface area contributed by atoms with E-state index in [2.05, 4.69) is 0 Å². The molecule has 3 aromatic rings. The van der Waals surface area contributed by atoms with Crippen LogP contribution in [0.1, 0.15) is 11.3 Å². The van der Waals surface area contributed by atoms with E-state index in [1.54, 1.807) is 12.1 Å². The predicted molar refractivity (Wildman–Crippen MR) is 120 cm³/mol. The highest BCUT2D eigenvalue weighted by molar-refractivity contribution is 6.31. The molecule has 2 aromatic carbocycles. The fourth-order valence-electron chi connectivity index (χ4n) is 3.50. The molecule has 0 unspecified atom stereocenters. The second-order valence-corrected chi connectivity index (χ2v) is 7.53. The fraction of sp³-hybridized carbons (Fsp3) is 0.0800. The number of fused-ring (bicyclic) bond motifs is 2. The van der Waals surface area contributed by atoms with E-state index in [0.717, 1.165) is 33.5 Å². The Balaban J connectivity index is 1.56. The summed E-state index contributed by atoms with van der Waals surface area (Å²) in [6.07, 6.45) is 11.3. The maximum Gasteiger partial charge on any atom is 0.212 e. The van der Waals surface area contributed by atoms with Gasteiger partial charge >= 0.3 is 0 Å². The first kappa shape index (κ1) is 20.0. The molecule has 1 aromatic heterocycles. The fourth-order valence-corrected chi connectivity index (χ4v) is 3.63. The predicted octanol–water partition coefficient (Wildman–Crippen LogP) is 6.13. The zero-order chi connectivity index (χ0) is 21.3. The summed E-state index contributed by atoms with van der Waals surface area (Å²) in [6, 6.07) is 13.3. The van der Waals surface area contributed by atoms with E-state index < -0.39 is 0 Å². The largest absolute Gasteiger partial charge is 0.344 e. The molecule has 0 amide bonds. The van der Waals surface area contributed by atoms with Crippen LogP contribution in [0.4, 0.5) is 14.5 Å². The van der Waals surface area contributed by atoms with Gasteiger partial charge in [0, 0.05) is 52.6 Å². The van der Waals surface area contributed by atoms with Crippen LogP contribution in [0.15, 0.2) is 83.6 Å². The Morgan fingerprint density at radius 3 is 2.60 bits per heavy atom. The maximum absolute atomic E-state index is 13.4. The van der Waals surface area contributed by atoms with Crippen LogP contribution < -0.4 is 9.47 Å². The summed E-state index contributed by atoms with van der Waals surface area (Å²) in [4.78, 5) is 1.99. The molecular formula is C25H20ClF2N2+. The lowest BCUT2D eigenvalue weighted by Gasteiger charge is -2.26. The van der Waals surface area contributed by atoms with Crippen molar-refractivity contribution >= 4 is 40.3 Å². The lowest BCUT2D eigenvalue weighted by Crippen LogP contribution is -2.32. The summed E-state index contributed by atoms with van der Waals surface area (Å²) >= 11 is 6.39. The Bertz CT molecular complexity index is 1260. The van der Waals surface area contributed by atoms with E-state index in [-0.39, 0.29) is 11.6 Å². The monoisotopic (exact) mass is 421 g/mol. The Morgan fingerprint density at radius 1 is 1.00 bits per heavy atom. The second-order valence-electron chi connectivity index (χ2n) is 7.09. The van der Waals surface area contributed by atoms with E-state index in [1.807, 2.05) is 72.2 Å². The van der Waals surface area contributed by atoms with Crippen LogP contribution in [-0.4, -0.2) is 7.05 Å². The van der Waals surface area contributed by atoms with E-state index in [4.69, 9.17) is 11.6 Å². The molecule has 0 radical (unpaired) electrons. The van der Waals surface area contributed by atoms with Crippen molar-refractivity contribution < 1.29 is 13.3 Å². The molecule has 0 fully saturated rings. The average molecular weight is 422 g/mol. The van der Waals surface area contributed by atoms with Gasteiger partial charge in [-0.25, -0.2) is 8.78 Å². The summed E-state index contributed by atoms with van der Waals surface area (Å²) in [7, 11) is 3.86. The number of benzene rings is 2. The number of aromatic nitrogens is 1. The van der Waals surface area contributed by atoms with E-state index in [9.17, 15) is 8.78 Å². The first-order valence-electron chi connectivity index (χ1n) is 9.47. The topological polar surface area (TPSA) is 7.12 Å². The third-order valence-electron chi connectivity index (χ3n) is 5.17. The number of likely N-dealkylation sites (N-methyl/N-ethyl adjacent to an activating group) is 1. The normalized spacial score (nSPS) is 15.4. The number of pyridine rings is 1. The van der Waals surface area contributed by atoms with Crippen LogP contribution in [0.25, 0.3) is 23.1 Å². The molecule has 4 rings (SSSR count). The van der Waals surface area contributed by atoms with Crippen LogP contribution in [-0.2, 0) is 7.05 Å². The Hall–Kier alpha value is -3.24. The summed E-state index contributed by atoms with van der Waals surface area (Å²) in [5.41, 5.74) is 4.60. The van der Waals surface area contributed by atoms with E-state index >= 15 is 0 Å². The molecule has 0 spiro atoms. The van der Waals surface area contributed by atoms with Crippen molar-refractivity contribution in [3.05, 3.63) is 106 Å². The van der Waals surface area contributed by atoms with Crippen LogP contribution >= 0.6 is 11.6 Å². The standard InChI is InChI=1S/C25H20ClF2N2/c1-29-22(9-3-17-15-20(27)7-13-24(17)29)11-5-19(26)6-12-23-10-4-18-16-21(28)8-14-25(18)30(23)2/h3-16H,1-2H3/q+1. The maximum atomic E-state index is 13.4. The lowest BCUT2D eigenvalue weighted by atomic mass is 10.1. The zero-order valence-corrected chi connectivity index (χ0v) is 17.4. The lowest BCUT2D eigenvalue weighted by molar-refractivity contribution is -0.646. The van der Waals surface area contributed by atoms with Crippen molar-refractivity contribution in [1.29, 1.82) is 0 Å². The average Bonchev–Trinajstić information content (AvgIpc) is 2.72. The van der Waals surface area contributed by atoms with Crippen molar-refractivity contribution in [1.82, 2.24) is 0 Å². The number of anilines is 1. The number of hydrogen-bond donors (Lipinski definition) is 0. The van der Waals surface area contributed by atoms with Gasteiger partial charge in [0.1, 0.15) is 18.7 Å². The molecule has 150 valence electrons. The zero-order valence-electron chi connectivity index (χ0n) is 16.6. The minimum absolute atomic E-state index is 0.251. The molecule has 5 heteroatoms. The Kier molecular flexibility index (Phi) is 5.51. The van der Waals surface area contributed by atoms with Gasteiger partial charge in [-0.05, 0) is 60.7 Å². The van der Waals surface area contributed by atoms with Crippen LogP contribution in [0.5, 0.6) is 0 Å². The summed E-state index contributed by atoms with van der Waals surface area (Å²) in [5.74, 6) is -0.501. The molecule has 0 saturated carbocycles. The minimum Gasteiger partial charge on any atom is -0.344 e. The Morgan fingerprint density at radius 2 is 1.77 bits per heavy atom. The highest BCUT2D eigenvalue weighted by Crippen LogP contribution is 2.30. The van der Waals surface area contributed by atoms with Crippen molar-refractivity contribution in [2.24, 2.45) is 7.05 Å². The number of nitrogens with zero attached hydrogens (tertiary/aromatic N) is 2. The molecular weight excluding hydrogens is 402 g/mol. The highest BCUT2D eigenvalue weighted by atomic mass is 35.5. The van der Waals surface area contributed by atoms with Crippen LogP contribution in [0, 0.1) is 11.6 Å². The minimum atomic E-state index is -0.251. The van der Waals surface area contributed by atoms with Gasteiger partial charge in [0.25, 0.3) is 0 Å². The molecule has 1 aliphatic heterocycles. The SMILES string of the molecule is CN1/C(=C/C=C(Cl)/C=C/c2ccc3cc(F)ccc3[n+]2C)C=Cc2cc(F)ccc21. The number of hydrogen-bond acceptors (Lipinski definition) is 1. The van der Waals surface area contributed by atoms with E-state index in [1.165, 1.54) is 24.3 Å². The summed E-state index contributed by atoms with van der Waals surface area (Å²) < 4.78 is 28.8. The van der Waals surface area contributed by atoms with Crippen molar-refractivity contribution in [3.63, 3.8) is 0 Å². The van der Waals surface area contributed by atoms with Gasteiger partial charge in [0.2, 0.25) is 11.2 Å². The van der Waals surface area contributed by atoms with Gasteiger partial charge in [0.05, 0.1) is 0 Å². The van der Waals surface area contributed by atoms with Gasteiger partial charge in [-0.2, -0.15) is 4.57 Å². The van der Waals surface area contributed by atoms with Gasteiger partial charge in [-0.15, -0.1) is 0 Å². The first-order chi connectivity index (χ1) is 14.4. The number of allylic oxidation sites excluding steroid dienone is 5. The van der Waals surface area contributed by atoms with Crippen LogP contribution in [0.2, 0.25) is 0 Å². The molecule has 2 heterocycles. The third-order valence-corrected chi connectivity index (χ3v) is 5.42.